The van der Waals surface area contributed by atoms with Crippen molar-refractivity contribution in [2.45, 2.75) is 26.3 Å². The summed E-state index contributed by atoms with van der Waals surface area (Å²) < 4.78 is 0. The lowest BCUT2D eigenvalue weighted by atomic mass is 9.94. The fraction of sp³-hybridized carbons (Fsp3) is 0.368. The van der Waals surface area contributed by atoms with E-state index in [9.17, 15) is 10.1 Å². The molecule has 1 amide bonds. The standard InChI is InChI=1S/C19H21N5O/c1-12-8-13(2)23-19(16(12)10-20)22-11-15-9-17(25)24(3)18(15)14-4-6-21-7-5-14/h4-8,15,18H,9,11H2,1-3H3,(H,22,23)/t15-,18-/m0/s1. The Morgan fingerprint density at radius 1 is 1.36 bits per heavy atom. The van der Waals surface area contributed by atoms with Gasteiger partial charge in [-0.15, -0.1) is 0 Å². The van der Waals surface area contributed by atoms with Gasteiger partial charge in [0, 0.05) is 44.0 Å². The fourth-order valence-electron chi connectivity index (χ4n) is 3.53. The quantitative estimate of drug-likeness (QED) is 0.929. The van der Waals surface area contributed by atoms with Crippen molar-refractivity contribution in [2.75, 3.05) is 18.9 Å². The van der Waals surface area contributed by atoms with Crippen LogP contribution in [-0.4, -0.2) is 34.4 Å². The molecule has 6 nitrogen and oxygen atoms in total. The van der Waals surface area contributed by atoms with Gasteiger partial charge in [0.2, 0.25) is 5.91 Å². The van der Waals surface area contributed by atoms with Gasteiger partial charge in [-0.05, 0) is 43.2 Å². The highest BCUT2D eigenvalue weighted by molar-refractivity contribution is 5.79. The molecular formula is C19H21N5O. The second-order valence-electron chi connectivity index (χ2n) is 6.49. The van der Waals surface area contributed by atoms with Crippen molar-refractivity contribution in [3.05, 3.63) is 53.0 Å². The highest BCUT2D eigenvalue weighted by Crippen LogP contribution is 2.36. The van der Waals surface area contributed by atoms with E-state index in [1.165, 1.54) is 0 Å². The van der Waals surface area contributed by atoms with Crippen LogP contribution in [0, 0.1) is 31.1 Å². The van der Waals surface area contributed by atoms with E-state index in [1.807, 2.05) is 39.1 Å². The first-order chi connectivity index (χ1) is 12.0. The number of hydrogen-bond donors (Lipinski definition) is 1. The molecule has 0 aromatic carbocycles. The molecule has 1 aliphatic rings. The van der Waals surface area contributed by atoms with Gasteiger partial charge in [-0.1, -0.05) is 0 Å². The fourth-order valence-corrected chi connectivity index (χ4v) is 3.53. The monoisotopic (exact) mass is 335 g/mol. The van der Waals surface area contributed by atoms with E-state index >= 15 is 0 Å². The van der Waals surface area contributed by atoms with Gasteiger partial charge in [-0.3, -0.25) is 9.78 Å². The van der Waals surface area contributed by atoms with Crippen molar-refractivity contribution >= 4 is 11.7 Å². The number of anilines is 1. The molecule has 1 fully saturated rings. The molecule has 0 aliphatic carbocycles. The van der Waals surface area contributed by atoms with E-state index < -0.39 is 0 Å². The molecule has 0 unspecified atom stereocenters. The molecular weight excluding hydrogens is 314 g/mol. The molecule has 6 heteroatoms. The minimum absolute atomic E-state index is 0.000517. The lowest BCUT2D eigenvalue weighted by Gasteiger charge is -2.25. The first-order valence-electron chi connectivity index (χ1n) is 8.29. The molecule has 1 saturated heterocycles. The van der Waals surface area contributed by atoms with Crippen LogP contribution in [0.3, 0.4) is 0 Å². The van der Waals surface area contributed by atoms with E-state index in [0.717, 1.165) is 16.8 Å². The molecule has 128 valence electrons. The molecule has 2 aromatic heterocycles. The van der Waals surface area contributed by atoms with E-state index in [1.54, 1.807) is 17.3 Å². The Morgan fingerprint density at radius 3 is 2.76 bits per heavy atom. The summed E-state index contributed by atoms with van der Waals surface area (Å²) >= 11 is 0. The number of aryl methyl sites for hydroxylation is 2. The molecule has 1 aliphatic heterocycles. The zero-order valence-corrected chi connectivity index (χ0v) is 14.7. The van der Waals surface area contributed by atoms with E-state index in [4.69, 9.17) is 0 Å². The van der Waals surface area contributed by atoms with Crippen molar-refractivity contribution < 1.29 is 4.79 Å². The van der Waals surface area contributed by atoms with Crippen LogP contribution in [0.4, 0.5) is 5.82 Å². The Hall–Kier alpha value is -2.94. The average molecular weight is 335 g/mol. The van der Waals surface area contributed by atoms with Gasteiger partial charge in [-0.2, -0.15) is 5.26 Å². The van der Waals surface area contributed by atoms with Gasteiger partial charge < -0.3 is 10.2 Å². The summed E-state index contributed by atoms with van der Waals surface area (Å²) in [6.07, 6.45) is 3.97. The normalized spacial score (nSPS) is 19.8. The molecule has 0 saturated carbocycles. The number of aromatic nitrogens is 2. The zero-order valence-electron chi connectivity index (χ0n) is 14.7. The van der Waals surface area contributed by atoms with Gasteiger partial charge in [0.05, 0.1) is 11.6 Å². The number of nitrogens with one attached hydrogen (secondary N) is 1. The third-order valence-electron chi connectivity index (χ3n) is 4.73. The Kier molecular flexibility index (Phi) is 4.66. The molecule has 0 bridgehead atoms. The SMILES string of the molecule is Cc1cc(C)c(C#N)c(NC[C@@H]2CC(=O)N(C)[C@H]2c2ccncc2)n1. The number of hydrogen-bond acceptors (Lipinski definition) is 5. The van der Waals surface area contributed by atoms with Crippen LogP contribution in [0.2, 0.25) is 0 Å². The number of likely N-dealkylation sites (tertiary alicyclic amines) is 1. The number of carbonyl (C=O) groups is 1. The van der Waals surface area contributed by atoms with Gasteiger partial charge in [0.1, 0.15) is 11.9 Å². The number of amides is 1. The van der Waals surface area contributed by atoms with Crippen molar-refractivity contribution in [1.29, 1.82) is 5.26 Å². The van der Waals surface area contributed by atoms with Crippen molar-refractivity contribution in [3.8, 4) is 6.07 Å². The second kappa shape index (κ2) is 6.89. The third-order valence-corrected chi connectivity index (χ3v) is 4.73. The number of nitriles is 1. The van der Waals surface area contributed by atoms with E-state index in [2.05, 4.69) is 21.4 Å². The molecule has 0 radical (unpaired) electrons. The first-order valence-corrected chi connectivity index (χ1v) is 8.29. The zero-order chi connectivity index (χ0) is 18.0. The summed E-state index contributed by atoms with van der Waals surface area (Å²) in [4.78, 5) is 22.5. The van der Waals surface area contributed by atoms with Crippen LogP contribution in [0.15, 0.2) is 30.6 Å². The summed E-state index contributed by atoms with van der Waals surface area (Å²) in [6, 6.07) is 8.01. The van der Waals surface area contributed by atoms with E-state index in [-0.39, 0.29) is 17.9 Å². The molecule has 2 aromatic rings. The van der Waals surface area contributed by atoms with Crippen molar-refractivity contribution in [3.63, 3.8) is 0 Å². The summed E-state index contributed by atoms with van der Waals surface area (Å²) in [5.74, 6) is 0.826. The smallest absolute Gasteiger partial charge is 0.223 e. The average Bonchev–Trinajstić information content (AvgIpc) is 2.87. The van der Waals surface area contributed by atoms with Crippen LogP contribution in [0.5, 0.6) is 0 Å². The maximum Gasteiger partial charge on any atom is 0.223 e. The first kappa shape index (κ1) is 16.9. The summed E-state index contributed by atoms with van der Waals surface area (Å²) in [7, 11) is 1.84. The summed E-state index contributed by atoms with van der Waals surface area (Å²) in [5, 5.41) is 12.7. The minimum atomic E-state index is -0.000517. The summed E-state index contributed by atoms with van der Waals surface area (Å²) in [5.41, 5.74) is 3.40. The van der Waals surface area contributed by atoms with Gasteiger partial charge >= 0.3 is 0 Å². The van der Waals surface area contributed by atoms with Crippen LogP contribution in [0.25, 0.3) is 0 Å². The number of pyridine rings is 2. The molecule has 3 rings (SSSR count). The number of rotatable bonds is 4. The molecule has 2 atom stereocenters. The number of carbonyl (C=O) groups excluding carboxylic acids is 1. The Morgan fingerprint density at radius 2 is 2.08 bits per heavy atom. The molecule has 0 spiro atoms. The van der Waals surface area contributed by atoms with Crippen LogP contribution in [0.1, 0.15) is 34.8 Å². The van der Waals surface area contributed by atoms with Crippen LogP contribution >= 0.6 is 0 Å². The minimum Gasteiger partial charge on any atom is -0.369 e. The highest BCUT2D eigenvalue weighted by Gasteiger charge is 2.38. The summed E-state index contributed by atoms with van der Waals surface area (Å²) in [6.45, 7) is 4.39. The predicted octanol–water partition coefficient (Wildman–Crippen LogP) is 2.60. The van der Waals surface area contributed by atoms with Crippen molar-refractivity contribution in [2.24, 2.45) is 5.92 Å². The maximum atomic E-state index is 12.2. The van der Waals surface area contributed by atoms with Gasteiger partial charge in [-0.25, -0.2) is 4.98 Å². The van der Waals surface area contributed by atoms with Crippen molar-refractivity contribution in [1.82, 2.24) is 14.9 Å². The van der Waals surface area contributed by atoms with Crippen LogP contribution < -0.4 is 5.32 Å². The highest BCUT2D eigenvalue weighted by atomic mass is 16.2. The Balaban J connectivity index is 1.83. The number of nitrogens with zero attached hydrogens (tertiary/aromatic N) is 4. The van der Waals surface area contributed by atoms with Crippen LogP contribution in [-0.2, 0) is 4.79 Å². The van der Waals surface area contributed by atoms with E-state index in [0.29, 0.717) is 24.3 Å². The maximum absolute atomic E-state index is 12.2. The predicted molar refractivity (Wildman–Crippen MR) is 94.8 cm³/mol. The molecule has 1 N–H and O–H groups in total. The molecule has 3 heterocycles. The third kappa shape index (κ3) is 3.31. The molecule has 25 heavy (non-hydrogen) atoms. The topological polar surface area (TPSA) is 81.9 Å². The Labute approximate surface area is 147 Å². The lowest BCUT2D eigenvalue weighted by molar-refractivity contribution is -0.127. The lowest BCUT2D eigenvalue weighted by Crippen LogP contribution is -2.26. The van der Waals surface area contributed by atoms with Gasteiger partial charge in [0.15, 0.2) is 0 Å². The van der Waals surface area contributed by atoms with Gasteiger partial charge in [0.25, 0.3) is 0 Å². The second-order valence-corrected chi connectivity index (χ2v) is 6.49. The Bertz CT molecular complexity index is 828. The largest absolute Gasteiger partial charge is 0.369 e.